The summed E-state index contributed by atoms with van der Waals surface area (Å²) in [7, 11) is 1.50. The van der Waals surface area contributed by atoms with E-state index in [1.807, 2.05) is 6.92 Å². The molecular weight excluding hydrogens is 310 g/mol. The quantitative estimate of drug-likeness (QED) is 0.791. The van der Waals surface area contributed by atoms with Crippen LogP contribution in [0.2, 0.25) is 0 Å². The van der Waals surface area contributed by atoms with Crippen molar-refractivity contribution in [1.82, 2.24) is 15.8 Å². The number of amides is 2. The van der Waals surface area contributed by atoms with Crippen molar-refractivity contribution in [2.24, 2.45) is 0 Å². The van der Waals surface area contributed by atoms with Crippen molar-refractivity contribution in [1.29, 1.82) is 0 Å². The minimum atomic E-state index is -0.460. The van der Waals surface area contributed by atoms with Crippen LogP contribution in [0.5, 0.6) is 11.5 Å². The normalized spacial score (nSPS) is 9.92. The van der Waals surface area contributed by atoms with Gasteiger partial charge in [-0.2, -0.15) is 0 Å². The molecule has 2 aromatic rings. The highest BCUT2D eigenvalue weighted by Crippen LogP contribution is 2.28. The van der Waals surface area contributed by atoms with Gasteiger partial charge in [0.25, 0.3) is 11.8 Å². The fourth-order valence-electron chi connectivity index (χ4n) is 1.90. The molecule has 1 aromatic heterocycles. The number of rotatable bonds is 6. The SMILES string of the molecule is CCCOc1ccc(C(=O)NNC(=O)c2ccncc2)cc1OC. The molecule has 2 rings (SSSR count). The third-order valence-corrected chi connectivity index (χ3v) is 3.12. The van der Waals surface area contributed by atoms with Crippen LogP contribution in [0.3, 0.4) is 0 Å². The van der Waals surface area contributed by atoms with Crippen LogP contribution in [-0.2, 0) is 0 Å². The van der Waals surface area contributed by atoms with Gasteiger partial charge in [-0.3, -0.25) is 25.4 Å². The zero-order chi connectivity index (χ0) is 17.4. The van der Waals surface area contributed by atoms with Crippen LogP contribution in [0, 0.1) is 0 Å². The molecule has 0 fully saturated rings. The zero-order valence-corrected chi connectivity index (χ0v) is 13.5. The van der Waals surface area contributed by atoms with E-state index in [1.165, 1.54) is 19.5 Å². The Balaban J connectivity index is 2.00. The average molecular weight is 329 g/mol. The molecule has 0 saturated heterocycles. The molecule has 0 bridgehead atoms. The summed E-state index contributed by atoms with van der Waals surface area (Å²) >= 11 is 0. The van der Waals surface area contributed by atoms with Crippen LogP contribution >= 0.6 is 0 Å². The van der Waals surface area contributed by atoms with E-state index in [2.05, 4.69) is 15.8 Å². The monoisotopic (exact) mass is 329 g/mol. The van der Waals surface area contributed by atoms with Gasteiger partial charge in [-0.15, -0.1) is 0 Å². The highest BCUT2D eigenvalue weighted by atomic mass is 16.5. The second-order valence-corrected chi connectivity index (χ2v) is 4.86. The third-order valence-electron chi connectivity index (χ3n) is 3.12. The number of hydrogen-bond acceptors (Lipinski definition) is 5. The summed E-state index contributed by atoms with van der Waals surface area (Å²) in [6, 6.07) is 7.91. The molecule has 7 heteroatoms. The molecule has 24 heavy (non-hydrogen) atoms. The van der Waals surface area contributed by atoms with Crippen molar-refractivity contribution in [3.63, 3.8) is 0 Å². The predicted octanol–water partition coefficient (Wildman–Crippen LogP) is 1.95. The zero-order valence-electron chi connectivity index (χ0n) is 13.5. The first-order valence-electron chi connectivity index (χ1n) is 7.47. The summed E-state index contributed by atoms with van der Waals surface area (Å²) in [6.07, 6.45) is 3.86. The molecule has 0 unspecified atom stereocenters. The first-order chi connectivity index (χ1) is 11.7. The molecule has 0 spiro atoms. The Morgan fingerprint density at radius 3 is 2.29 bits per heavy atom. The van der Waals surface area contributed by atoms with Crippen molar-refractivity contribution in [2.75, 3.05) is 13.7 Å². The van der Waals surface area contributed by atoms with Crippen LogP contribution in [0.25, 0.3) is 0 Å². The van der Waals surface area contributed by atoms with E-state index in [1.54, 1.807) is 30.3 Å². The largest absolute Gasteiger partial charge is 0.493 e. The fourth-order valence-corrected chi connectivity index (χ4v) is 1.90. The van der Waals surface area contributed by atoms with Gasteiger partial charge in [0.2, 0.25) is 0 Å². The smallest absolute Gasteiger partial charge is 0.269 e. The van der Waals surface area contributed by atoms with Crippen LogP contribution in [0.15, 0.2) is 42.7 Å². The molecule has 2 amide bonds. The van der Waals surface area contributed by atoms with Gasteiger partial charge in [-0.1, -0.05) is 6.92 Å². The van der Waals surface area contributed by atoms with Crippen LogP contribution < -0.4 is 20.3 Å². The number of benzene rings is 1. The van der Waals surface area contributed by atoms with E-state index < -0.39 is 11.8 Å². The molecule has 0 atom stereocenters. The fraction of sp³-hybridized carbons (Fsp3) is 0.235. The molecule has 1 heterocycles. The standard InChI is InChI=1S/C17H19N3O4/c1-3-10-24-14-5-4-13(11-15(14)23-2)17(22)20-19-16(21)12-6-8-18-9-7-12/h4-9,11H,3,10H2,1-2H3,(H,19,21)(H,20,22). The van der Waals surface area contributed by atoms with E-state index in [4.69, 9.17) is 9.47 Å². The summed E-state index contributed by atoms with van der Waals surface area (Å²) in [4.78, 5) is 27.8. The Morgan fingerprint density at radius 2 is 1.67 bits per heavy atom. The van der Waals surface area contributed by atoms with Gasteiger partial charge in [0, 0.05) is 23.5 Å². The molecule has 126 valence electrons. The number of nitrogens with one attached hydrogen (secondary N) is 2. The summed E-state index contributed by atoms with van der Waals surface area (Å²) in [5, 5.41) is 0. The second kappa shape index (κ2) is 8.52. The molecule has 0 aliphatic heterocycles. The number of carbonyl (C=O) groups excluding carboxylic acids is 2. The average Bonchev–Trinajstić information content (AvgIpc) is 2.64. The lowest BCUT2D eigenvalue weighted by Gasteiger charge is -2.12. The number of nitrogens with zero attached hydrogens (tertiary/aromatic N) is 1. The molecule has 0 aliphatic rings. The predicted molar refractivity (Wildman–Crippen MR) is 87.9 cm³/mol. The lowest BCUT2D eigenvalue weighted by molar-refractivity contribution is 0.0846. The Bertz CT molecular complexity index is 704. The number of pyridine rings is 1. The number of hydrogen-bond donors (Lipinski definition) is 2. The van der Waals surface area contributed by atoms with Crippen LogP contribution in [0.4, 0.5) is 0 Å². The van der Waals surface area contributed by atoms with Gasteiger partial charge in [0.05, 0.1) is 13.7 Å². The van der Waals surface area contributed by atoms with E-state index in [0.717, 1.165) is 6.42 Å². The van der Waals surface area contributed by atoms with Crippen molar-refractivity contribution < 1.29 is 19.1 Å². The maximum Gasteiger partial charge on any atom is 0.269 e. The van der Waals surface area contributed by atoms with E-state index >= 15 is 0 Å². The molecular formula is C17H19N3O4. The Hall–Kier alpha value is -3.09. The minimum Gasteiger partial charge on any atom is -0.493 e. The highest BCUT2D eigenvalue weighted by Gasteiger charge is 2.12. The van der Waals surface area contributed by atoms with E-state index in [-0.39, 0.29) is 0 Å². The van der Waals surface area contributed by atoms with Crippen molar-refractivity contribution in [2.45, 2.75) is 13.3 Å². The lowest BCUT2D eigenvalue weighted by atomic mass is 10.2. The summed E-state index contributed by atoms with van der Waals surface area (Å²) < 4.78 is 10.8. The third kappa shape index (κ3) is 4.45. The topological polar surface area (TPSA) is 89.6 Å². The number of methoxy groups -OCH3 is 1. The maximum absolute atomic E-state index is 12.1. The molecule has 2 N–H and O–H groups in total. The summed E-state index contributed by atoms with van der Waals surface area (Å²) in [6.45, 7) is 2.56. The number of aromatic nitrogens is 1. The lowest BCUT2D eigenvalue weighted by Crippen LogP contribution is -2.41. The molecule has 1 aromatic carbocycles. The Labute approximate surface area is 140 Å². The summed E-state index contributed by atoms with van der Waals surface area (Å²) in [5.74, 6) is 0.131. The van der Waals surface area contributed by atoms with E-state index in [0.29, 0.717) is 29.2 Å². The minimum absolute atomic E-state index is 0.339. The molecule has 0 radical (unpaired) electrons. The first kappa shape index (κ1) is 17.3. The first-order valence-corrected chi connectivity index (χ1v) is 7.47. The Morgan fingerprint density at radius 1 is 1.00 bits per heavy atom. The summed E-state index contributed by atoms with van der Waals surface area (Å²) in [5.41, 5.74) is 5.43. The number of ether oxygens (including phenoxy) is 2. The second-order valence-electron chi connectivity index (χ2n) is 4.86. The maximum atomic E-state index is 12.1. The molecule has 7 nitrogen and oxygen atoms in total. The number of hydrazine groups is 1. The van der Waals surface area contributed by atoms with Crippen molar-refractivity contribution in [3.05, 3.63) is 53.9 Å². The molecule has 0 saturated carbocycles. The van der Waals surface area contributed by atoms with E-state index in [9.17, 15) is 9.59 Å². The Kier molecular flexibility index (Phi) is 6.13. The highest BCUT2D eigenvalue weighted by molar-refractivity contribution is 5.99. The van der Waals surface area contributed by atoms with Gasteiger partial charge in [-0.05, 0) is 36.8 Å². The van der Waals surface area contributed by atoms with Crippen molar-refractivity contribution in [3.8, 4) is 11.5 Å². The van der Waals surface area contributed by atoms with Gasteiger partial charge in [-0.25, -0.2) is 0 Å². The molecule has 0 aliphatic carbocycles. The van der Waals surface area contributed by atoms with Crippen molar-refractivity contribution >= 4 is 11.8 Å². The van der Waals surface area contributed by atoms with Crippen LogP contribution in [0.1, 0.15) is 34.1 Å². The van der Waals surface area contributed by atoms with Gasteiger partial charge >= 0.3 is 0 Å². The van der Waals surface area contributed by atoms with Gasteiger partial charge in [0.1, 0.15) is 0 Å². The van der Waals surface area contributed by atoms with Crippen LogP contribution in [-0.4, -0.2) is 30.5 Å². The van der Waals surface area contributed by atoms with Gasteiger partial charge < -0.3 is 9.47 Å². The van der Waals surface area contributed by atoms with Gasteiger partial charge in [0.15, 0.2) is 11.5 Å². The number of carbonyl (C=O) groups is 2.